The van der Waals surface area contributed by atoms with Gasteiger partial charge in [-0.15, -0.1) is 0 Å². The predicted octanol–water partition coefficient (Wildman–Crippen LogP) is 8.65. The van der Waals surface area contributed by atoms with Crippen LogP contribution in [0.2, 0.25) is 5.02 Å². The Morgan fingerprint density at radius 3 is 2.49 bits per heavy atom. The predicted molar refractivity (Wildman–Crippen MR) is 234 cm³/mol. The lowest BCUT2D eigenvalue weighted by atomic mass is 9.87. The Morgan fingerprint density at radius 2 is 1.73 bits per heavy atom. The molecule has 0 atom stereocenters. The Morgan fingerprint density at radius 1 is 0.949 bits per heavy atom. The molecule has 1 aromatic heterocycles. The van der Waals surface area contributed by atoms with Gasteiger partial charge in [-0.3, -0.25) is 9.69 Å². The van der Waals surface area contributed by atoms with Crippen LogP contribution in [0.3, 0.4) is 0 Å². The van der Waals surface area contributed by atoms with Crippen molar-refractivity contribution in [3.63, 3.8) is 0 Å². The van der Waals surface area contributed by atoms with Gasteiger partial charge < -0.3 is 29.4 Å². The van der Waals surface area contributed by atoms with Crippen LogP contribution in [0.1, 0.15) is 54.6 Å². The number of hydrogen-bond donors (Lipinski definition) is 3. The highest BCUT2D eigenvalue weighted by molar-refractivity contribution is 7.90. The number of amides is 1. The second-order valence-corrected chi connectivity index (χ2v) is 18.6. The van der Waals surface area contributed by atoms with Crippen molar-refractivity contribution in [2.75, 3.05) is 69.3 Å². The monoisotopic (exact) mass is 837 g/mol. The van der Waals surface area contributed by atoms with Crippen molar-refractivity contribution in [1.82, 2.24) is 14.6 Å². The third-order valence-corrected chi connectivity index (χ3v) is 13.2. The van der Waals surface area contributed by atoms with Crippen LogP contribution in [0.15, 0.2) is 102 Å². The van der Waals surface area contributed by atoms with Gasteiger partial charge in [0.1, 0.15) is 11.5 Å². The molecule has 0 bridgehead atoms. The number of nitrogens with one attached hydrogen (secondary N) is 3. The van der Waals surface area contributed by atoms with Gasteiger partial charge in [-0.05, 0) is 129 Å². The second-order valence-electron chi connectivity index (χ2n) is 16.4. The van der Waals surface area contributed by atoms with E-state index in [1.54, 1.807) is 18.2 Å². The van der Waals surface area contributed by atoms with Gasteiger partial charge >= 0.3 is 0 Å². The van der Waals surface area contributed by atoms with Crippen LogP contribution in [0.25, 0.3) is 16.5 Å². The third-order valence-electron chi connectivity index (χ3n) is 11.6. The van der Waals surface area contributed by atoms with E-state index in [2.05, 4.69) is 50.8 Å². The fourth-order valence-corrected chi connectivity index (χ4v) is 9.32. The summed E-state index contributed by atoms with van der Waals surface area (Å²) in [6, 6.07) is 25.9. The summed E-state index contributed by atoms with van der Waals surface area (Å²) >= 11 is 6.23. The fourth-order valence-electron chi connectivity index (χ4n) is 8.15. The van der Waals surface area contributed by atoms with Crippen LogP contribution >= 0.6 is 11.6 Å². The van der Waals surface area contributed by atoms with Crippen molar-refractivity contribution in [3.8, 4) is 11.5 Å². The van der Waals surface area contributed by atoms with Crippen LogP contribution in [0.4, 0.5) is 11.4 Å². The summed E-state index contributed by atoms with van der Waals surface area (Å²) < 4.78 is 47.8. The topological polar surface area (TPSA) is 125 Å². The number of rotatable bonds is 12. The molecule has 3 aliphatic heterocycles. The number of sulfonamides is 1. The van der Waals surface area contributed by atoms with Crippen LogP contribution in [-0.4, -0.2) is 88.9 Å². The molecule has 310 valence electrons. The number of ether oxygens (including phenoxy) is 3. The number of hydrogen-bond acceptors (Lipinski definition) is 9. The third kappa shape index (κ3) is 9.80. The van der Waals surface area contributed by atoms with Crippen molar-refractivity contribution >= 4 is 55.4 Å². The number of halogens is 1. The maximum absolute atomic E-state index is 13.9. The normalized spacial score (nSPS) is 17.9. The van der Waals surface area contributed by atoms with Crippen molar-refractivity contribution in [1.29, 1.82) is 0 Å². The zero-order valence-electron chi connectivity index (χ0n) is 33.9. The smallest absolute Gasteiger partial charge is 0.268 e. The minimum absolute atomic E-state index is 0.00869. The van der Waals surface area contributed by atoms with Crippen molar-refractivity contribution < 1.29 is 27.4 Å². The number of anilines is 2. The van der Waals surface area contributed by atoms with E-state index < -0.39 is 15.9 Å². The van der Waals surface area contributed by atoms with Gasteiger partial charge in [0.25, 0.3) is 15.9 Å². The van der Waals surface area contributed by atoms with Crippen LogP contribution < -0.4 is 19.7 Å². The summed E-state index contributed by atoms with van der Waals surface area (Å²) in [6.07, 6.45) is 4.67. The lowest BCUT2D eigenvalue weighted by Gasteiger charge is -2.39. The van der Waals surface area contributed by atoms with E-state index in [1.807, 2.05) is 61.7 Å². The quantitative estimate of drug-likeness (QED) is 0.113. The Bertz CT molecular complexity index is 2450. The number of aromatic amines is 1. The molecule has 0 radical (unpaired) electrons. The number of nitrogens with zero attached hydrogens (tertiary/aromatic N) is 2. The zero-order valence-corrected chi connectivity index (χ0v) is 35.4. The second kappa shape index (κ2) is 17.4. The van der Waals surface area contributed by atoms with Gasteiger partial charge in [0.2, 0.25) is 0 Å². The molecule has 4 heterocycles. The summed E-state index contributed by atoms with van der Waals surface area (Å²) in [5.41, 5.74) is 7.12. The van der Waals surface area contributed by atoms with Crippen molar-refractivity contribution in [2.45, 2.75) is 50.5 Å². The van der Waals surface area contributed by atoms with Gasteiger partial charge in [-0.1, -0.05) is 23.7 Å². The lowest BCUT2D eigenvalue weighted by Crippen LogP contribution is -2.47. The molecule has 59 heavy (non-hydrogen) atoms. The number of carbonyl (C=O) groups excluding carboxylic acids is 1. The highest BCUT2D eigenvalue weighted by Crippen LogP contribution is 2.37. The van der Waals surface area contributed by atoms with Gasteiger partial charge in [-0.2, -0.15) is 0 Å². The Balaban J connectivity index is 0.986. The molecular formula is C46H52ClN5O6S. The first-order valence-corrected chi connectivity index (χ1v) is 22.2. The largest absolute Gasteiger partial charge is 0.456 e. The molecular weight excluding hydrogens is 786 g/mol. The maximum atomic E-state index is 13.9. The number of fused-ring (bicyclic) bond motifs is 1. The molecule has 3 aliphatic rings. The SMILES string of the molecule is Cc1cc(S(=O)(=O)NC(=O)c2ccc(N3CCN(CC4=C(c5ccc(Cl)cc5)CC(C)(C)OC4)CC3)cc2Oc2ccc3[nH]ccc3c2)ccc1NCC1CCOCC1. The van der Waals surface area contributed by atoms with Gasteiger partial charge in [0, 0.05) is 98.5 Å². The standard InChI is InChI=1S/C46H52ClN5O6S/c1-31-24-39(10-13-42(31)49-28-32-15-22-56-23-16-32)59(54,55)50-45(53)40-11-8-37(26-44(40)58-38-9-12-43-34(25-38)14-17-48-43)52-20-18-51(19-21-52)29-35-30-57-46(2,3)27-41(35)33-4-6-36(47)7-5-33/h4-14,17,24-26,32,48-49H,15-16,18-23,27-30H2,1-3H3,(H,50,53). The maximum Gasteiger partial charge on any atom is 0.268 e. The first kappa shape index (κ1) is 40.9. The average molecular weight is 838 g/mol. The molecule has 11 nitrogen and oxygen atoms in total. The molecule has 5 aromatic rings. The minimum atomic E-state index is -4.21. The molecule has 13 heteroatoms. The van der Waals surface area contributed by atoms with Crippen LogP contribution in [0, 0.1) is 12.8 Å². The fraction of sp³-hybridized carbons (Fsp3) is 0.370. The summed E-state index contributed by atoms with van der Waals surface area (Å²) in [4.78, 5) is 21.8. The zero-order chi connectivity index (χ0) is 41.1. The van der Waals surface area contributed by atoms with Gasteiger partial charge in [0.05, 0.1) is 22.7 Å². The van der Waals surface area contributed by atoms with Crippen molar-refractivity contribution in [2.24, 2.45) is 5.92 Å². The van der Waals surface area contributed by atoms with E-state index in [-0.39, 0.29) is 21.8 Å². The molecule has 0 aliphatic carbocycles. The van der Waals surface area contributed by atoms with E-state index in [0.717, 1.165) is 105 Å². The first-order chi connectivity index (χ1) is 28.4. The number of piperazine rings is 1. The molecule has 4 aromatic carbocycles. The molecule has 0 saturated carbocycles. The Kier molecular flexibility index (Phi) is 12.1. The highest BCUT2D eigenvalue weighted by Gasteiger charge is 2.31. The molecule has 8 rings (SSSR count). The summed E-state index contributed by atoms with van der Waals surface area (Å²) in [7, 11) is -4.21. The Hall–Kier alpha value is -4.85. The van der Waals surface area contributed by atoms with E-state index in [0.29, 0.717) is 18.3 Å². The van der Waals surface area contributed by atoms with Crippen molar-refractivity contribution in [3.05, 3.63) is 118 Å². The van der Waals surface area contributed by atoms with E-state index in [4.69, 9.17) is 25.8 Å². The average Bonchev–Trinajstić information content (AvgIpc) is 3.70. The molecule has 2 saturated heterocycles. The van der Waals surface area contributed by atoms with Gasteiger partial charge in [-0.25, -0.2) is 13.1 Å². The highest BCUT2D eigenvalue weighted by atomic mass is 35.5. The van der Waals surface area contributed by atoms with E-state index in [9.17, 15) is 13.2 Å². The van der Waals surface area contributed by atoms with Crippen LogP contribution in [0.5, 0.6) is 11.5 Å². The number of aryl methyl sites for hydroxylation is 1. The minimum Gasteiger partial charge on any atom is -0.456 e. The first-order valence-electron chi connectivity index (χ1n) is 20.4. The summed E-state index contributed by atoms with van der Waals surface area (Å²) in [6.45, 7) is 13.0. The number of aromatic nitrogens is 1. The van der Waals surface area contributed by atoms with E-state index in [1.165, 1.54) is 22.8 Å². The molecule has 0 unspecified atom stereocenters. The number of carbonyl (C=O) groups is 1. The summed E-state index contributed by atoms with van der Waals surface area (Å²) in [5, 5.41) is 5.13. The summed E-state index contributed by atoms with van der Waals surface area (Å²) in [5.74, 6) is 0.515. The van der Waals surface area contributed by atoms with Crippen LogP contribution in [-0.2, 0) is 19.5 Å². The Labute approximate surface area is 351 Å². The molecule has 0 spiro atoms. The number of benzene rings is 4. The van der Waals surface area contributed by atoms with E-state index >= 15 is 0 Å². The molecule has 1 amide bonds. The molecule has 2 fully saturated rings. The number of H-pyrrole nitrogens is 1. The van der Waals surface area contributed by atoms with Gasteiger partial charge in [0.15, 0.2) is 0 Å². The molecule has 3 N–H and O–H groups in total. The lowest BCUT2D eigenvalue weighted by molar-refractivity contribution is -0.0101.